The molecule has 1 aromatic carbocycles. The summed E-state index contributed by atoms with van der Waals surface area (Å²) >= 11 is 0. The Hall–Kier alpha value is -2.04. The summed E-state index contributed by atoms with van der Waals surface area (Å²) in [6.45, 7) is 7.87. The van der Waals surface area contributed by atoms with Gasteiger partial charge in [-0.2, -0.15) is 0 Å². The lowest BCUT2D eigenvalue weighted by atomic mass is 9.86. The Bertz CT molecular complexity index is 490. The van der Waals surface area contributed by atoms with Gasteiger partial charge >= 0.3 is 12.0 Å². The predicted molar refractivity (Wildman–Crippen MR) is 74.5 cm³/mol. The fraction of sp³-hybridized carbons (Fsp3) is 0.429. The van der Waals surface area contributed by atoms with Gasteiger partial charge < -0.3 is 15.7 Å². The van der Waals surface area contributed by atoms with Crippen molar-refractivity contribution >= 4 is 17.7 Å². The summed E-state index contributed by atoms with van der Waals surface area (Å²) in [5.74, 6) is -1.07. The topological polar surface area (TPSA) is 78.4 Å². The van der Waals surface area contributed by atoms with Gasteiger partial charge in [-0.25, -0.2) is 4.79 Å². The van der Waals surface area contributed by atoms with Gasteiger partial charge in [-0.3, -0.25) is 4.79 Å². The Balaban J connectivity index is 2.75. The molecule has 1 aromatic rings. The number of carboxylic acids is 1. The van der Waals surface area contributed by atoms with Crippen LogP contribution < -0.4 is 10.6 Å². The van der Waals surface area contributed by atoms with E-state index in [-0.39, 0.29) is 5.41 Å². The zero-order valence-electron chi connectivity index (χ0n) is 11.7. The molecule has 0 saturated heterocycles. The molecule has 0 aromatic heterocycles. The van der Waals surface area contributed by atoms with Crippen molar-refractivity contribution in [1.29, 1.82) is 0 Å². The van der Waals surface area contributed by atoms with E-state index in [9.17, 15) is 9.59 Å². The number of hydrogen-bond donors (Lipinski definition) is 3. The highest BCUT2D eigenvalue weighted by molar-refractivity contribution is 5.91. The van der Waals surface area contributed by atoms with Crippen LogP contribution in [0.4, 0.5) is 10.5 Å². The summed E-state index contributed by atoms with van der Waals surface area (Å²) in [5.41, 5.74) is 2.85. The lowest BCUT2D eigenvalue weighted by Crippen LogP contribution is -2.33. The number of urea groups is 1. The number of anilines is 1. The Labute approximate surface area is 113 Å². The zero-order chi connectivity index (χ0) is 14.6. The summed E-state index contributed by atoms with van der Waals surface area (Å²) in [6, 6.07) is 5.29. The zero-order valence-corrected chi connectivity index (χ0v) is 11.7. The molecular formula is C14H20N2O3. The van der Waals surface area contributed by atoms with Gasteiger partial charge in [0.25, 0.3) is 0 Å². The Morgan fingerprint density at radius 3 is 2.37 bits per heavy atom. The van der Waals surface area contributed by atoms with Crippen molar-refractivity contribution in [3.8, 4) is 0 Å². The van der Waals surface area contributed by atoms with Crippen LogP contribution in [0.3, 0.4) is 0 Å². The minimum Gasteiger partial charge on any atom is -0.480 e. The molecule has 0 bridgehead atoms. The molecule has 2 amide bonds. The number of nitrogens with one attached hydrogen (secondary N) is 2. The number of carboxylic acid groups (broad SMARTS) is 1. The van der Waals surface area contributed by atoms with Crippen molar-refractivity contribution in [3.05, 3.63) is 29.3 Å². The molecule has 1 rings (SSSR count). The molecule has 104 valence electrons. The van der Waals surface area contributed by atoms with Gasteiger partial charge in [0.15, 0.2) is 0 Å². The van der Waals surface area contributed by atoms with Crippen LogP contribution in [-0.2, 0) is 10.2 Å². The van der Waals surface area contributed by atoms with Crippen molar-refractivity contribution in [2.24, 2.45) is 0 Å². The first kappa shape index (κ1) is 15.0. The fourth-order valence-electron chi connectivity index (χ4n) is 1.59. The molecule has 5 nitrogen and oxygen atoms in total. The van der Waals surface area contributed by atoms with E-state index >= 15 is 0 Å². The van der Waals surface area contributed by atoms with E-state index in [0.717, 1.165) is 5.56 Å². The molecule has 3 N–H and O–H groups in total. The number of carbonyl (C=O) groups is 2. The first-order valence-electron chi connectivity index (χ1n) is 6.08. The molecule has 0 unspecified atom stereocenters. The second-order valence-corrected chi connectivity index (χ2v) is 5.48. The number of hydrogen-bond acceptors (Lipinski definition) is 2. The Kier molecular flexibility index (Phi) is 4.53. The SMILES string of the molecule is Cc1cc(C(C)(C)C)ccc1NC(=O)NCC(=O)O. The molecule has 0 heterocycles. The average molecular weight is 264 g/mol. The van der Waals surface area contributed by atoms with E-state index < -0.39 is 18.5 Å². The van der Waals surface area contributed by atoms with Crippen LogP contribution >= 0.6 is 0 Å². The second kappa shape index (κ2) is 5.73. The first-order chi connectivity index (χ1) is 8.70. The van der Waals surface area contributed by atoms with Crippen molar-refractivity contribution < 1.29 is 14.7 Å². The van der Waals surface area contributed by atoms with E-state index in [0.29, 0.717) is 5.69 Å². The van der Waals surface area contributed by atoms with Crippen LogP contribution in [0, 0.1) is 6.92 Å². The smallest absolute Gasteiger partial charge is 0.323 e. The van der Waals surface area contributed by atoms with Crippen molar-refractivity contribution in [3.63, 3.8) is 0 Å². The first-order valence-corrected chi connectivity index (χ1v) is 6.08. The Morgan fingerprint density at radius 2 is 1.89 bits per heavy atom. The fourth-order valence-corrected chi connectivity index (χ4v) is 1.59. The molecule has 19 heavy (non-hydrogen) atoms. The summed E-state index contributed by atoms with van der Waals surface area (Å²) in [6.07, 6.45) is 0. The van der Waals surface area contributed by atoms with Gasteiger partial charge in [-0.15, -0.1) is 0 Å². The molecule has 0 saturated carbocycles. The second-order valence-electron chi connectivity index (χ2n) is 5.48. The molecular weight excluding hydrogens is 244 g/mol. The van der Waals surface area contributed by atoms with Crippen molar-refractivity contribution in [2.45, 2.75) is 33.1 Å². The van der Waals surface area contributed by atoms with Gasteiger partial charge in [-0.05, 0) is 29.5 Å². The quantitative estimate of drug-likeness (QED) is 0.784. The normalized spacial score (nSPS) is 10.9. The number of aliphatic carboxylic acids is 1. The number of amides is 2. The number of rotatable bonds is 3. The van der Waals surface area contributed by atoms with Gasteiger partial charge in [0.05, 0.1) is 0 Å². The minimum atomic E-state index is -1.07. The third-order valence-corrected chi connectivity index (χ3v) is 2.74. The van der Waals surface area contributed by atoms with Gasteiger partial charge in [-0.1, -0.05) is 32.9 Å². The molecule has 0 atom stereocenters. The Morgan fingerprint density at radius 1 is 1.26 bits per heavy atom. The summed E-state index contributed by atoms with van der Waals surface area (Å²) < 4.78 is 0. The number of carbonyl (C=O) groups excluding carboxylic acids is 1. The van der Waals surface area contributed by atoms with Gasteiger partial charge in [0, 0.05) is 5.69 Å². The summed E-state index contributed by atoms with van der Waals surface area (Å²) in [7, 11) is 0. The van der Waals surface area contributed by atoms with E-state index in [4.69, 9.17) is 5.11 Å². The van der Waals surface area contributed by atoms with E-state index in [2.05, 4.69) is 31.4 Å². The highest BCUT2D eigenvalue weighted by Gasteiger charge is 2.15. The van der Waals surface area contributed by atoms with E-state index in [1.54, 1.807) is 0 Å². The molecule has 0 spiro atoms. The third kappa shape index (κ3) is 4.62. The maximum atomic E-state index is 11.5. The molecule has 0 aliphatic rings. The lowest BCUT2D eigenvalue weighted by Gasteiger charge is -2.20. The van der Waals surface area contributed by atoms with Gasteiger partial charge in [0.2, 0.25) is 0 Å². The molecule has 0 radical (unpaired) electrons. The predicted octanol–water partition coefficient (Wildman–Crippen LogP) is 2.50. The van der Waals surface area contributed by atoms with Crippen molar-refractivity contribution in [1.82, 2.24) is 5.32 Å². The molecule has 0 fully saturated rings. The van der Waals surface area contributed by atoms with Crippen LogP contribution in [0.2, 0.25) is 0 Å². The van der Waals surface area contributed by atoms with Crippen molar-refractivity contribution in [2.75, 3.05) is 11.9 Å². The maximum absolute atomic E-state index is 11.5. The highest BCUT2D eigenvalue weighted by atomic mass is 16.4. The van der Waals surface area contributed by atoms with E-state index in [1.165, 1.54) is 5.56 Å². The lowest BCUT2D eigenvalue weighted by molar-refractivity contribution is -0.135. The largest absolute Gasteiger partial charge is 0.480 e. The highest BCUT2D eigenvalue weighted by Crippen LogP contribution is 2.26. The minimum absolute atomic E-state index is 0.0505. The summed E-state index contributed by atoms with van der Waals surface area (Å²) in [4.78, 5) is 21.8. The average Bonchev–Trinajstić information content (AvgIpc) is 2.27. The molecule has 0 aliphatic heterocycles. The molecule has 5 heteroatoms. The maximum Gasteiger partial charge on any atom is 0.323 e. The summed E-state index contributed by atoms with van der Waals surface area (Å²) in [5, 5.41) is 13.4. The van der Waals surface area contributed by atoms with Crippen LogP contribution in [0.5, 0.6) is 0 Å². The van der Waals surface area contributed by atoms with Crippen LogP contribution in [0.1, 0.15) is 31.9 Å². The molecule has 0 aliphatic carbocycles. The number of aryl methyl sites for hydroxylation is 1. The van der Waals surface area contributed by atoms with Crippen LogP contribution in [0.15, 0.2) is 18.2 Å². The third-order valence-electron chi connectivity index (χ3n) is 2.74. The van der Waals surface area contributed by atoms with Gasteiger partial charge in [0.1, 0.15) is 6.54 Å². The van der Waals surface area contributed by atoms with E-state index in [1.807, 2.05) is 25.1 Å². The van der Waals surface area contributed by atoms with Crippen LogP contribution in [-0.4, -0.2) is 23.7 Å². The van der Waals surface area contributed by atoms with Crippen LogP contribution in [0.25, 0.3) is 0 Å². The number of benzene rings is 1. The monoisotopic (exact) mass is 264 g/mol. The standard InChI is InChI=1S/C14H20N2O3/c1-9-7-10(14(2,3)4)5-6-11(9)16-13(19)15-8-12(17)18/h5-7H,8H2,1-4H3,(H,17,18)(H2,15,16,19).